The zero-order valence-corrected chi connectivity index (χ0v) is 12.0. The van der Waals surface area contributed by atoms with Crippen LogP contribution in [0.15, 0.2) is 42.5 Å². The number of carbonyl (C=O) groups excluding carboxylic acids is 1. The van der Waals surface area contributed by atoms with Crippen LogP contribution in [0.25, 0.3) is 0 Å². The van der Waals surface area contributed by atoms with Crippen LogP contribution in [0.3, 0.4) is 0 Å². The van der Waals surface area contributed by atoms with Crippen molar-refractivity contribution in [1.29, 1.82) is 0 Å². The molecule has 1 aromatic carbocycles. The maximum absolute atomic E-state index is 11.0. The van der Waals surface area contributed by atoms with Crippen molar-refractivity contribution in [2.24, 2.45) is 5.73 Å². The normalized spacial score (nSPS) is 10.1. The number of aromatic nitrogens is 1. The molecule has 5 heteroatoms. The van der Waals surface area contributed by atoms with Gasteiger partial charge in [0.1, 0.15) is 18.2 Å². The summed E-state index contributed by atoms with van der Waals surface area (Å²) in [6.07, 6.45) is 1.05. The summed E-state index contributed by atoms with van der Waals surface area (Å²) in [5, 5.41) is 3.23. The number of carbonyl (C=O) groups is 1. The lowest BCUT2D eigenvalue weighted by Gasteiger charge is -2.08. The topological polar surface area (TPSA) is 77.2 Å². The predicted molar refractivity (Wildman–Crippen MR) is 82.3 cm³/mol. The third-order valence-corrected chi connectivity index (χ3v) is 2.89. The molecule has 0 fully saturated rings. The molecular formula is C16H19N3O2. The zero-order chi connectivity index (χ0) is 15.1. The number of ether oxygens (including phenoxy) is 1. The smallest absolute Gasteiger partial charge is 0.248 e. The van der Waals surface area contributed by atoms with Gasteiger partial charge in [0.15, 0.2) is 0 Å². The number of nitrogens with zero attached hydrogens (tertiary/aromatic N) is 1. The lowest BCUT2D eigenvalue weighted by molar-refractivity contribution is 0.1000. The van der Waals surface area contributed by atoms with Crippen LogP contribution in [0.1, 0.15) is 29.4 Å². The second-order valence-corrected chi connectivity index (χ2v) is 4.62. The number of hydrogen-bond acceptors (Lipinski definition) is 4. The van der Waals surface area contributed by atoms with E-state index in [0.717, 1.165) is 24.5 Å². The summed E-state index contributed by atoms with van der Waals surface area (Å²) in [5.41, 5.74) is 6.50. The summed E-state index contributed by atoms with van der Waals surface area (Å²) in [7, 11) is 0. The fourth-order valence-corrected chi connectivity index (χ4v) is 1.78. The first-order valence-corrected chi connectivity index (χ1v) is 6.91. The van der Waals surface area contributed by atoms with Crippen LogP contribution in [0, 0.1) is 0 Å². The van der Waals surface area contributed by atoms with E-state index in [0.29, 0.717) is 17.9 Å². The van der Waals surface area contributed by atoms with Crippen molar-refractivity contribution in [1.82, 2.24) is 4.98 Å². The highest BCUT2D eigenvalue weighted by Gasteiger charge is 2.02. The molecule has 5 nitrogen and oxygen atoms in total. The Bertz CT molecular complexity index is 597. The lowest BCUT2D eigenvalue weighted by atomic mass is 10.2. The lowest BCUT2D eigenvalue weighted by Crippen LogP contribution is -2.10. The Labute approximate surface area is 124 Å². The van der Waals surface area contributed by atoms with Gasteiger partial charge in [-0.2, -0.15) is 0 Å². The standard InChI is InChI=1S/C16H19N3O2/c1-2-10-18-15-5-3-4-13(19-15)11-21-14-8-6-12(7-9-14)16(17)20/h3-9H,2,10-11H2,1H3,(H2,17,20)(H,18,19). The SMILES string of the molecule is CCCNc1cccc(COc2ccc(C(N)=O)cc2)n1. The Morgan fingerprint density at radius 2 is 2.00 bits per heavy atom. The molecule has 0 saturated heterocycles. The summed E-state index contributed by atoms with van der Waals surface area (Å²) >= 11 is 0. The maximum Gasteiger partial charge on any atom is 0.248 e. The third-order valence-electron chi connectivity index (χ3n) is 2.89. The van der Waals surface area contributed by atoms with Gasteiger partial charge < -0.3 is 15.8 Å². The molecular weight excluding hydrogens is 266 g/mol. The molecule has 0 bridgehead atoms. The first-order valence-electron chi connectivity index (χ1n) is 6.91. The molecule has 2 aromatic rings. The van der Waals surface area contributed by atoms with Gasteiger partial charge >= 0.3 is 0 Å². The van der Waals surface area contributed by atoms with E-state index in [2.05, 4.69) is 17.2 Å². The number of rotatable bonds is 7. The van der Waals surface area contributed by atoms with Gasteiger partial charge in [-0.15, -0.1) is 0 Å². The number of pyridine rings is 1. The van der Waals surface area contributed by atoms with E-state index in [1.54, 1.807) is 24.3 Å². The van der Waals surface area contributed by atoms with Gasteiger partial charge in [0, 0.05) is 12.1 Å². The fourth-order valence-electron chi connectivity index (χ4n) is 1.78. The maximum atomic E-state index is 11.0. The molecule has 2 rings (SSSR count). The second-order valence-electron chi connectivity index (χ2n) is 4.62. The molecule has 3 N–H and O–H groups in total. The van der Waals surface area contributed by atoms with Gasteiger partial charge in [0.2, 0.25) is 5.91 Å². The molecule has 1 heterocycles. The molecule has 1 amide bonds. The Morgan fingerprint density at radius 3 is 2.67 bits per heavy atom. The molecule has 0 radical (unpaired) electrons. The summed E-state index contributed by atoms with van der Waals surface area (Å²) in [5.74, 6) is 1.08. The second kappa shape index (κ2) is 7.28. The quantitative estimate of drug-likeness (QED) is 0.819. The van der Waals surface area contributed by atoms with E-state index in [1.165, 1.54) is 0 Å². The summed E-state index contributed by atoms with van der Waals surface area (Å²) in [4.78, 5) is 15.4. The molecule has 0 aliphatic heterocycles. The number of benzene rings is 1. The minimum atomic E-state index is -0.446. The van der Waals surface area contributed by atoms with Crippen LogP contribution < -0.4 is 15.8 Å². The average Bonchev–Trinajstić information content (AvgIpc) is 2.52. The van der Waals surface area contributed by atoms with Crippen LogP contribution in [0.5, 0.6) is 5.75 Å². The largest absolute Gasteiger partial charge is 0.487 e. The minimum absolute atomic E-state index is 0.373. The van der Waals surface area contributed by atoms with Crippen LogP contribution in [0.4, 0.5) is 5.82 Å². The summed E-state index contributed by atoms with van der Waals surface area (Å²) < 4.78 is 5.64. The molecule has 0 saturated carbocycles. The van der Waals surface area contributed by atoms with E-state index in [1.807, 2.05) is 18.2 Å². The number of primary amides is 1. The molecule has 110 valence electrons. The van der Waals surface area contributed by atoms with Gasteiger partial charge in [-0.3, -0.25) is 4.79 Å². The van der Waals surface area contributed by atoms with Gasteiger partial charge in [-0.1, -0.05) is 13.0 Å². The van der Waals surface area contributed by atoms with Crippen molar-refractivity contribution in [3.8, 4) is 5.75 Å². The number of anilines is 1. The van der Waals surface area contributed by atoms with Crippen LogP contribution in [0.2, 0.25) is 0 Å². The Kier molecular flexibility index (Phi) is 5.15. The van der Waals surface area contributed by atoms with Crippen molar-refractivity contribution < 1.29 is 9.53 Å². The van der Waals surface area contributed by atoms with Gasteiger partial charge in [0.05, 0.1) is 5.69 Å². The Balaban J connectivity index is 1.94. The van der Waals surface area contributed by atoms with E-state index in [-0.39, 0.29) is 0 Å². The molecule has 1 aromatic heterocycles. The fraction of sp³-hybridized carbons (Fsp3) is 0.250. The number of hydrogen-bond donors (Lipinski definition) is 2. The first kappa shape index (κ1) is 14.8. The van der Waals surface area contributed by atoms with Crippen molar-refractivity contribution in [2.75, 3.05) is 11.9 Å². The van der Waals surface area contributed by atoms with Crippen molar-refractivity contribution >= 4 is 11.7 Å². The highest BCUT2D eigenvalue weighted by molar-refractivity contribution is 5.92. The number of nitrogens with two attached hydrogens (primary N) is 1. The van der Waals surface area contributed by atoms with Crippen molar-refractivity contribution in [2.45, 2.75) is 20.0 Å². The predicted octanol–water partition coefficient (Wildman–Crippen LogP) is 2.58. The Morgan fingerprint density at radius 1 is 1.24 bits per heavy atom. The molecule has 0 aliphatic rings. The molecule has 21 heavy (non-hydrogen) atoms. The van der Waals surface area contributed by atoms with Crippen LogP contribution >= 0.6 is 0 Å². The average molecular weight is 285 g/mol. The summed E-state index contributed by atoms with van der Waals surface area (Å²) in [6, 6.07) is 12.5. The van der Waals surface area contributed by atoms with Gasteiger partial charge in [0.25, 0.3) is 0 Å². The highest BCUT2D eigenvalue weighted by Crippen LogP contribution is 2.14. The van der Waals surface area contributed by atoms with E-state index >= 15 is 0 Å². The van der Waals surface area contributed by atoms with E-state index in [4.69, 9.17) is 10.5 Å². The van der Waals surface area contributed by atoms with E-state index in [9.17, 15) is 4.79 Å². The van der Waals surface area contributed by atoms with Gasteiger partial charge in [-0.05, 0) is 42.8 Å². The first-order chi connectivity index (χ1) is 10.2. The molecule has 0 aliphatic carbocycles. The zero-order valence-electron chi connectivity index (χ0n) is 12.0. The molecule has 0 unspecified atom stereocenters. The van der Waals surface area contributed by atoms with E-state index < -0.39 is 5.91 Å². The van der Waals surface area contributed by atoms with Crippen molar-refractivity contribution in [3.63, 3.8) is 0 Å². The van der Waals surface area contributed by atoms with Crippen LogP contribution in [-0.2, 0) is 6.61 Å². The molecule has 0 atom stereocenters. The molecule has 0 spiro atoms. The number of amides is 1. The van der Waals surface area contributed by atoms with Gasteiger partial charge in [-0.25, -0.2) is 4.98 Å². The Hall–Kier alpha value is -2.56. The monoisotopic (exact) mass is 285 g/mol. The number of nitrogens with one attached hydrogen (secondary N) is 1. The summed E-state index contributed by atoms with van der Waals surface area (Å²) in [6.45, 7) is 3.37. The highest BCUT2D eigenvalue weighted by atomic mass is 16.5. The van der Waals surface area contributed by atoms with Crippen LogP contribution in [-0.4, -0.2) is 17.4 Å². The third kappa shape index (κ3) is 4.49. The van der Waals surface area contributed by atoms with Crippen molar-refractivity contribution in [3.05, 3.63) is 53.7 Å². The minimum Gasteiger partial charge on any atom is -0.487 e.